The molecule has 0 aliphatic carbocycles. The van der Waals surface area contributed by atoms with Crippen molar-refractivity contribution < 1.29 is 32.0 Å². The minimum Gasteiger partial charge on any atom is -0.456 e. The van der Waals surface area contributed by atoms with Crippen LogP contribution in [0.2, 0.25) is 0 Å². The number of aromatic nitrogens is 2. The van der Waals surface area contributed by atoms with Crippen molar-refractivity contribution >= 4 is 28.9 Å². The van der Waals surface area contributed by atoms with E-state index in [2.05, 4.69) is 15.5 Å². The van der Waals surface area contributed by atoms with Crippen molar-refractivity contribution in [2.24, 2.45) is 0 Å². The van der Waals surface area contributed by atoms with Crippen LogP contribution in [0.5, 0.6) is 0 Å². The summed E-state index contributed by atoms with van der Waals surface area (Å²) in [5.74, 6) is -0.976. The number of thiophene rings is 1. The van der Waals surface area contributed by atoms with Crippen molar-refractivity contribution in [3.63, 3.8) is 0 Å². The summed E-state index contributed by atoms with van der Waals surface area (Å²) < 4.78 is 48.6. The third-order valence-corrected chi connectivity index (χ3v) is 4.34. The van der Waals surface area contributed by atoms with E-state index in [0.29, 0.717) is 5.82 Å². The van der Waals surface area contributed by atoms with Gasteiger partial charge in [-0.15, -0.1) is 0 Å². The van der Waals surface area contributed by atoms with Crippen molar-refractivity contribution in [1.82, 2.24) is 10.1 Å². The zero-order chi connectivity index (χ0) is 20.9. The highest BCUT2D eigenvalue weighted by Gasteiger charge is 2.33. The first kappa shape index (κ1) is 20.5. The standard InChI is InChI=1S/C18H14F3N3O4S/c19-18(20,21)12-3-1-2-4-13(12)22-14(25)9-27-16(26)6-5-15-23-17(24-28-15)11-7-8-29-10-11/h1-4,7-8,10H,5-6,9H2,(H,22,25). The van der Waals surface area contributed by atoms with Crippen LogP contribution >= 0.6 is 11.3 Å². The highest BCUT2D eigenvalue weighted by molar-refractivity contribution is 7.08. The van der Waals surface area contributed by atoms with Gasteiger partial charge >= 0.3 is 12.1 Å². The summed E-state index contributed by atoms with van der Waals surface area (Å²) in [6.07, 6.45) is -4.64. The maximum Gasteiger partial charge on any atom is 0.418 e. The Morgan fingerprint density at radius 3 is 2.72 bits per heavy atom. The zero-order valence-corrected chi connectivity index (χ0v) is 15.5. The van der Waals surface area contributed by atoms with Crippen LogP contribution in [0.1, 0.15) is 17.9 Å². The lowest BCUT2D eigenvalue weighted by Gasteiger charge is -2.13. The Kier molecular flexibility index (Phi) is 6.27. The maximum atomic E-state index is 12.9. The van der Waals surface area contributed by atoms with Gasteiger partial charge in [-0.25, -0.2) is 0 Å². The molecule has 0 fully saturated rings. The summed E-state index contributed by atoms with van der Waals surface area (Å²) in [4.78, 5) is 27.7. The lowest BCUT2D eigenvalue weighted by Crippen LogP contribution is -2.22. The second-order valence-electron chi connectivity index (χ2n) is 5.78. The number of rotatable bonds is 7. The van der Waals surface area contributed by atoms with Crippen LogP contribution in [-0.4, -0.2) is 28.6 Å². The van der Waals surface area contributed by atoms with Gasteiger partial charge in [0.2, 0.25) is 11.7 Å². The fourth-order valence-corrected chi connectivity index (χ4v) is 2.95. The molecule has 3 aromatic rings. The van der Waals surface area contributed by atoms with E-state index in [1.165, 1.54) is 23.5 Å². The van der Waals surface area contributed by atoms with Gasteiger partial charge in [0.15, 0.2) is 6.61 Å². The van der Waals surface area contributed by atoms with E-state index in [-0.39, 0.29) is 18.7 Å². The summed E-state index contributed by atoms with van der Waals surface area (Å²) in [6, 6.07) is 6.34. The molecule has 0 saturated heterocycles. The molecule has 1 aromatic carbocycles. The first-order chi connectivity index (χ1) is 13.8. The molecule has 2 heterocycles. The van der Waals surface area contributed by atoms with Gasteiger partial charge in [-0.1, -0.05) is 17.3 Å². The fourth-order valence-electron chi connectivity index (χ4n) is 2.32. The largest absolute Gasteiger partial charge is 0.456 e. The van der Waals surface area contributed by atoms with Gasteiger partial charge in [-0.3, -0.25) is 9.59 Å². The first-order valence-corrected chi connectivity index (χ1v) is 9.24. The van der Waals surface area contributed by atoms with Gasteiger partial charge in [0.05, 0.1) is 17.7 Å². The molecule has 0 saturated carbocycles. The predicted octanol–water partition coefficient (Wildman–Crippen LogP) is 3.93. The molecule has 0 unspecified atom stereocenters. The second kappa shape index (κ2) is 8.86. The van der Waals surface area contributed by atoms with Crippen LogP contribution in [0.25, 0.3) is 11.4 Å². The topological polar surface area (TPSA) is 94.3 Å². The number of alkyl halides is 3. The number of ether oxygens (including phenoxy) is 1. The predicted molar refractivity (Wildman–Crippen MR) is 97.0 cm³/mol. The molecule has 0 radical (unpaired) electrons. The summed E-state index contributed by atoms with van der Waals surface area (Å²) in [6.45, 7) is -0.713. The van der Waals surface area contributed by atoms with Gasteiger partial charge in [-0.05, 0) is 23.6 Å². The molecule has 11 heteroatoms. The smallest absolute Gasteiger partial charge is 0.418 e. The third kappa shape index (κ3) is 5.64. The van der Waals surface area contributed by atoms with Crippen LogP contribution < -0.4 is 5.32 Å². The number of benzene rings is 1. The van der Waals surface area contributed by atoms with Crippen molar-refractivity contribution in [2.75, 3.05) is 11.9 Å². The lowest BCUT2D eigenvalue weighted by atomic mass is 10.1. The van der Waals surface area contributed by atoms with Crippen molar-refractivity contribution in [3.8, 4) is 11.4 Å². The number of hydrogen-bond acceptors (Lipinski definition) is 7. The van der Waals surface area contributed by atoms with Crippen LogP contribution in [0.4, 0.5) is 18.9 Å². The van der Waals surface area contributed by atoms with Gasteiger partial charge < -0.3 is 14.6 Å². The number of nitrogens with one attached hydrogen (secondary N) is 1. The highest BCUT2D eigenvalue weighted by Crippen LogP contribution is 2.34. The van der Waals surface area contributed by atoms with E-state index in [1.54, 1.807) is 0 Å². The molecule has 3 rings (SSSR count). The molecule has 2 aromatic heterocycles. The Morgan fingerprint density at radius 1 is 1.21 bits per heavy atom. The molecule has 0 aliphatic rings. The number of aryl methyl sites for hydroxylation is 1. The third-order valence-electron chi connectivity index (χ3n) is 3.66. The summed E-state index contributed by atoms with van der Waals surface area (Å²) in [7, 11) is 0. The molecule has 0 spiro atoms. The number of hydrogen-bond donors (Lipinski definition) is 1. The maximum absolute atomic E-state index is 12.9. The van der Waals surface area contributed by atoms with Crippen molar-refractivity contribution in [2.45, 2.75) is 19.0 Å². The second-order valence-corrected chi connectivity index (χ2v) is 6.56. The van der Waals surface area contributed by atoms with E-state index in [0.717, 1.165) is 17.7 Å². The average Bonchev–Trinajstić information content (AvgIpc) is 3.36. The number of carbonyl (C=O) groups is 2. The number of para-hydroxylation sites is 1. The van der Waals surface area contributed by atoms with E-state index in [1.807, 2.05) is 16.8 Å². The van der Waals surface area contributed by atoms with Gasteiger partial charge in [0, 0.05) is 17.4 Å². The van der Waals surface area contributed by atoms with Crippen LogP contribution in [-0.2, 0) is 26.9 Å². The monoisotopic (exact) mass is 425 g/mol. The number of esters is 1. The summed E-state index contributed by atoms with van der Waals surface area (Å²) in [5.41, 5.74) is -0.603. The molecule has 1 amide bonds. The van der Waals surface area contributed by atoms with Crippen LogP contribution in [0, 0.1) is 0 Å². The Hall–Kier alpha value is -3.21. The average molecular weight is 425 g/mol. The number of halogens is 3. The van der Waals surface area contributed by atoms with Crippen molar-refractivity contribution in [3.05, 3.63) is 52.5 Å². The number of nitrogens with zero attached hydrogens (tertiary/aromatic N) is 2. The van der Waals surface area contributed by atoms with E-state index in [4.69, 9.17) is 9.26 Å². The Morgan fingerprint density at radius 2 is 2.00 bits per heavy atom. The number of carbonyl (C=O) groups excluding carboxylic acids is 2. The van der Waals surface area contributed by atoms with Gasteiger partial charge in [0.1, 0.15) is 0 Å². The van der Waals surface area contributed by atoms with Crippen LogP contribution in [0.3, 0.4) is 0 Å². The summed E-state index contributed by atoms with van der Waals surface area (Å²) >= 11 is 1.48. The van der Waals surface area contributed by atoms with E-state index < -0.39 is 35.9 Å². The first-order valence-electron chi connectivity index (χ1n) is 8.30. The minimum absolute atomic E-state index is 0.106. The van der Waals surface area contributed by atoms with Gasteiger partial charge in [0.25, 0.3) is 5.91 Å². The Bertz CT molecular complexity index is 986. The molecule has 0 aliphatic heterocycles. The molecule has 0 bridgehead atoms. The molecule has 29 heavy (non-hydrogen) atoms. The van der Waals surface area contributed by atoms with Crippen molar-refractivity contribution in [1.29, 1.82) is 0 Å². The lowest BCUT2D eigenvalue weighted by molar-refractivity contribution is -0.147. The fraction of sp³-hybridized carbons (Fsp3) is 0.222. The SMILES string of the molecule is O=C(COC(=O)CCc1nc(-c2ccsc2)no1)Nc1ccccc1C(F)(F)F. The Labute approximate surface area is 166 Å². The highest BCUT2D eigenvalue weighted by atomic mass is 32.1. The molecule has 7 nitrogen and oxygen atoms in total. The quantitative estimate of drug-likeness (QED) is 0.577. The molecule has 152 valence electrons. The number of anilines is 1. The Balaban J connectivity index is 1.46. The molecule has 0 atom stereocenters. The molecular formula is C18H14F3N3O4S. The van der Waals surface area contributed by atoms with E-state index in [9.17, 15) is 22.8 Å². The normalized spacial score (nSPS) is 11.3. The van der Waals surface area contributed by atoms with Gasteiger partial charge in [-0.2, -0.15) is 29.5 Å². The summed E-state index contributed by atoms with van der Waals surface area (Å²) in [5, 5.41) is 9.59. The molecular weight excluding hydrogens is 411 g/mol. The minimum atomic E-state index is -4.62. The number of amides is 1. The zero-order valence-electron chi connectivity index (χ0n) is 14.7. The van der Waals surface area contributed by atoms with Crippen LogP contribution in [0.15, 0.2) is 45.6 Å². The molecule has 1 N–H and O–H groups in total. The van der Waals surface area contributed by atoms with E-state index >= 15 is 0 Å².